The topological polar surface area (TPSA) is 67.2 Å². The molecule has 0 spiro atoms. The van der Waals surface area contributed by atoms with Gasteiger partial charge < -0.3 is 5.32 Å². The molecular formula is C24H30N4O2S. The summed E-state index contributed by atoms with van der Waals surface area (Å²) < 4.78 is 1.60. The van der Waals surface area contributed by atoms with Crippen molar-refractivity contribution in [2.24, 2.45) is 0 Å². The highest BCUT2D eigenvalue weighted by Gasteiger charge is 2.23. The van der Waals surface area contributed by atoms with Crippen molar-refractivity contribution >= 4 is 27.5 Å². The van der Waals surface area contributed by atoms with E-state index in [0.717, 1.165) is 53.7 Å². The molecule has 4 rings (SSSR count). The van der Waals surface area contributed by atoms with E-state index >= 15 is 0 Å². The molecule has 0 aliphatic heterocycles. The highest BCUT2D eigenvalue weighted by molar-refractivity contribution is 7.18. The number of aryl methyl sites for hydroxylation is 2. The van der Waals surface area contributed by atoms with E-state index in [-0.39, 0.29) is 18.0 Å². The van der Waals surface area contributed by atoms with E-state index in [0.29, 0.717) is 18.9 Å². The van der Waals surface area contributed by atoms with Crippen LogP contribution in [0.1, 0.15) is 48.5 Å². The van der Waals surface area contributed by atoms with E-state index in [1.165, 1.54) is 11.3 Å². The first-order valence-corrected chi connectivity index (χ1v) is 12.0. The van der Waals surface area contributed by atoms with Crippen LogP contribution in [0.25, 0.3) is 10.2 Å². The maximum absolute atomic E-state index is 13.6. The van der Waals surface area contributed by atoms with E-state index in [4.69, 9.17) is 4.98 Å². The molecule has 2 aromatic heterocycles. The third-order valence-electron chi connectivity index (χ3n) is 6.05. The lowest BCUT2D eigenvalue weighted by Crippen LogP contribution is -2.36. The second-order valence-corrected chi connectivity index (χ2v) is 9.12. The Bertz CT molecular complexity index is 1120. The molecule has 0 bridgehead atoms. The van der Waals surface area contributed by atoms with E-state index in [1.807, 2.05) is 30.3 Å². The predicted octanol–water partition coefficient (Wildman–Crippen LogP) is 3.50. The minimum atomic E-state index is -0.169. The van der Waals surface area contributed by atoms with Crippen LogP contribution in [0.3, 0.4) is 0 Å². The molecule has 1 aliphatic rings. The van der Waals surface area contributed by atoms with Crippen molar-refractivity contribution in [3.63, 3.8) is 0 Å². The average molecular weight is 439 g/mol. The number of carbonyl (C=O) groups is 1. The van der Waals surface area contributed by atoms with Gasteiger partial charge in [0.15, 0.2) is 0 Å². The van der Waals surface area contributed by atoms with Crippen molar-refractivity contribution < 1.29 is 4.79 Å². The Morgan fingerprint density at radius 2 is 1.90 bits per heavy atom. The number of thiophene rings is 1. The summed E-state index contributed by atoms with van der Waals surface area (Å²) in [4.78, 5) is 35.6. The molecule has 1 aromatic carbocycles. The normalized spacial score (nSPS) is 13.5. The predicted molar refractivity (Wildman–Crippen MR) is 125 cm³/mol. The number of nitrogens with zero attached hydrogens (tertiary/aromatic N) is 3. The zero-order chi connectivity index (χ0) is 21.8. The van der Waals surface area contributed by atoms with Crippen LogP contribution in [0, 0.1) is 0 Å². The number of amides is 1. The SMILES string of the molecule is CCN(CC)Cc1nc2sc3c(c2c(=O)n1CC(=O)NCc1ccccc1)CCCC3. The average Bonchev–Trinajstić information content (AvgIpc) is 3.17. The number of fused-ring (bicyclic) bond motifs is 3. The maximum Gasteiger partial charge on any atom is 0.263 e. The van der Waals surface area contributed by atoms with Crippen LogP contribution < -0.4 is 10.9 Å². The van der Waals surface area contributed by atoms with Crippen molar-refractivity contribution in [3.05, 3.63) is 62.5 Å². The van der Waals surface area contributed by atoms with Crippen LogP contribution in [0.2, 0.25) is 0 Å². The van der Waals surface area contributed by atoms with Crippen LogP contribution in [0.15, 0.2) is 35.1 Å². The van der Waals surface area contributed by atoms with Gasteiger partial charge in [0, 0.05) is 11.4 Å². The first-order valence-electron chi connectivity index (χ1n) is 11.2. The van der Waals surface area contributed by atoms with Gasteiger partial charge in [-0.15, -0.1) is 11.3 Å². The molecule has 0 radical (unpaired) electrons. The minimum absolute atomic E-state index is 0.00414. The first-order chi connectivity index (χ1) is 15.1. The molecule has 0 saturated carbocycles. The lowest BCUT2D eigenvalue weighted by Gasteiger charge is -2.20. The molecule has 1 N–H and O–H groups in total. The summed E-state index contributed by atoms with van der Waals surface area (Å²) in [5.41, 5.74) is 2.13. The van der Waals surface area contributed by atoms with Gasteiger partial charge in [-0.25, -0.2) is 4.98 Å². The fourth-order valence-corrected chi connectivity index (χ4v) is 5.48. The van der Waals surface area contributed by atoms with Gasteiger partial charge in [0.25, 0.3) is 5.56 Å². The highest BCUT2D eigenvalue weighted by Crippen LogP contribution is 2.33. The van der Waals surface area contributed by atoms with Gasteiger partial charge in [0.2, 0.25) is 5.91 Å². The van der Waals surface area contributed by atoms with E-state index in [1.54, 1.807) is 15.9 Å². The molecule has 2 heterocycles. The Labute approximate surface area is 186 Å². The van der Waals surface area contributed by atoms with Crippen LogP contribution in [0.5, 0.6) is 0 Å². The van der Waals surface area contributed by atoms with Crippen molar-refractivity contribution in [3.8, 4) is 0 Å². The second kappa shape index (κ2) is 9.75. The fourth-order valence-electron chi connectivity index (χ4n) is 4.21. The largest absolute Gasteiger partial charge is 0.350 e. The number of carbonyl (C=O) groups excluding carboxylic acids is 1. The Balaban J connectivity index is 1.67. The number of hydrogen-bond donors (Lipinski definition) is 1. The minimum Gasteiger partial charge on any atom is -0.350 e. The number of rotatable bonds is 8. The maximum atomic E-state index is 13.6. The van der Waals surface area contributed by atoms with Crippen molar-refractivity contribution in [1.82, 2.24) is 19.8 Å². The summed E-state index contributed by atoms with van der Waals surface area (Å²) in [6.45, 7) is 6.94. The molecule has 0 saturated heterocycles. The summed E-state index contributed by atoms with van der Waals surface area (Å²) >= 11 is 1.66. The van der Waals surface area contributed by atoms with Gasteiger partial charge in [-0.3, -0.25) is 19.1 Å². The van der Waals surface area contributed by atoms with Gasteiger partial charge in [-0.2, -0.15) is 0 Å². The van der Waals surface area contributed by atoms with E-state index < -0.39 is 0 Å². The van der Waals surface area contributed by atoms with Crippen LogP contribution in [-0.2, 0) is 37.3 Å². The standard InChI is InChI=1S/C24H30N4O2S/c1-3-27(4-2)15-20-26-23-22(18-12-8-9-13-19(18)31-23)24(30)28(20)16-21(29)25-14-17-10-6-5-7-11-17/h5-7,10-11H,3-4,8-9,12-16H2,1-2H3,(H,25,29). The number of hydrogen-bond acceptors (Lipinski definition) is 5. The van der Waals surface area contributed by atoms with Crippen LogP contribution in [-0.4, -0.2) is 33.4 Å². The Hall–Kier alpha value is -2.51. The molecule has 0 fully saturated rings. The van der Waals surface area contributed by atoms with E-state index in [2.05, 4.69) is 24.1 Å². The third kappa shape index (κ3) is 4.72. The Morgan fingerprint density at radius 3 is 2.65 bits per heavy atom. The number of benzene rings is 1. The van der Waals surface area contributed by atoms with Gasteiger partial charge in [0.1, 0.15) is 17.2 Å². The highest BCUT2D eigenvalue weighted by atomic mass is 32.1. The summed E-state index contributed by atoms with van der Waals surface area (Å²) in [5.74, 6) is 0.506. The lowest BCUT2D eigenvalue weighted by atomic mass is 9.97. The smallest absolute Gasteiger partial charge is 0.263 e. The summed E-state index contributed by atoms with van der Waals surface area (Å²) in [6, 6.07) is 9.80. The lowest BCUT2D eigenvalue weighted by molar-refractivity contribution is -0.121. The summed E-state index contributed by atoms with van der Waals surface area (Å²) in [7, 11) is 0. The summed E-state index contributed by atoms with van der Waals surface area (Å²) in [6.07, 6.45) is 4.24. The van der Waals surface area contributed by atoms with Crippen LogP contribution in [0.4, 0.5) is 0 Å². The summed E-state index contributed by atoms with van der Waals surface area (Å²) in [5, 5.41) is 3.68. The number of aromatic nitrogens is 2. The molecular weight excluding hydrogens is 408 g/mol. The second-order valence-electron chi connectivity index (χ2n) is 8.03. The van der Waals surface area contributed by atoms with Crippen LogP contribution >= 0.6 is 11.3 Å². The van der Waals surface area contributed by atoms with Crippen molar-refractivity contribution in [2.75, 3.05) is 13.1 Å². The quantitative estimate of drug-likeness (QED) is 0.585. The third-order valence-corrected chi connectivity index (χ3v) is 7.23. The molecule has 1 amide bonds. The zero-order valence-corrected chi connectivity index (χ0v) is 19.1. The van der Waals surface area contributed by atoms with Crippen molar-refractivity contribution in [1.29, 1.82) is 0 Å². The molecule has 3 aromatic rings. The molecule has 31 heavy (non-hydrogen) atoms. The Kier molecular flexibility index (Phi) is 6.83. The fraction of sp³-hybridized carbons (Fsp3) is 0.458. The molecule has 0 atom stereocenters. The zero-order valence-electron chi connectivity index (χ0n) is 18.3. The Morgan fingerprint density at radius 1 is 1.16 bits per heavy atom. The van der Waals surface area contributed by atoms with Gasteiger partial charge in [-0.05, 0) is 49.9 Å². The molecule has 164 valence electrons. The molecule has 0 unspecified atom stereocenters. The monoisotopic (exact) mass is 438 g/mol. The van der Waals surface area contributed by atoms with Gasteiger partial charge in [-0.1, -0.05) is 44.2 Å². The molecule has 1 aliphatic carbocycles. The number of nitrogens with one attached hydrogen (secondary N) is 1. The molecule has 7 heteroatoms. The van der Waals surface area contributed by atoms with Gasteiger partial charge in [0.05, 0.1) is 11.9 Å². The first kappa shape index (κ1) is 21.7. The molecule has 6 nitrogen and oxygen atoms in total. The van der Waals surface area contributed by atoms with E-state index in [9.17, 15) is 9.59 Å². The van der Waals surface area contributed by atoms with Crippen molar-refractivity contribution in [2.45, 2.75) is 59.2 Å². The van der Waals surface area contributed by atoms with Gasteiger partial charge >= 0.3 is 0 Å².